The molecule has 0 bridgehead atoms. The molecule has 2 rings (SSSR count). The van der Waals surface area contributed by atoms with Crippen LogP contribution >= 0.6 is 0 Å². The van der Waals surface area contributed by atoms with Crippen LogP contribution in [0.5, 0.6) is 0 Å². The van der Waals surface area contributed by atoms with Crippen LogP contribution in [-0.2, 0) is 17.8 Å². The number of ketones is 1. The van der Waals surface area contributed by atoms with E-state index in [1.807, 2.05) is 18.9 Å². The number of carbonyl (C=O) groups excluding carboxylic acids is 1. The third-order valence-corrected chi connectivity index (χ3v) is 3.36. The van der Waals surface area contributed by atoms with Crippen LogP contribution < -0.4 is 0 Å². The fraction of sp³-hybridized carbons (Fsp3) is 0.278. The molecule has 0 amide bonds. The lowest BCUT2D eigenvalue weighted by Gasteiger charge is -2.16. The van der Waals surface area contributed by atoms with Gasteiger partial charge in [-0.25, -0.2) is 4.39 Å². The van der Waals surface area contributed by atoms with Crippen LogP contribution in [0.1, 0.15) is 16.7 Å². The molecule has 110 valence electrons. The van der Waals surface area contributed by atoms with E-state index in [0.29, 0.717) is 18.7 Å². The van der Waals surface area contributed by atoms with E-state index in [9.17, 15) is 9.18 Å². The molecular formula is C18H20FNO. The molecule has 0 unspecified atom stereocenters. The number of likely N-dealkylation sites (N-methyl/N-ethyl adjacent to an activating group) is 1. The van der Waals surface area contributed by atoms with E-state index < -0.39 is 0 Å². The second-order valence-electron chi connectivity index (χ2n) is 5.46. The number of carbonyl (C=O) groups is 1. The summed E-state index contributed by atoms with van der Waals surface area (Å²) < 4.78 is 13.5. The Hall–Kier alpha value is -2.00. The molecule has 21 heavy (non-hydrogen) atoms. The van der Waals surface area contributed by atoms with E-state index in [1.54, 1.807) is 18.2 Å². The zero-order chi connectivity index (χ0) is 15.2. The van der Waals surface area contributed by atoms with Gasteiger partial charge in [-0.1, -0.05) is 48.0 Å². The van der Waals surface area contributed by atoms with E-state index in [2.05, 4.69) is 24.3 Å². The van der Waals surface area contributed by atoms with Gasteiger partial charge < -0.3 is 0 Å². The largest absolute Gasteiger partial charge is 0.298 e. The van der Waals surface area contributed by atoms with Crippen molar-refractivity contribution in [2.24, 2.45) is 0 Å². The van der Waals surface area contributed by atoms with Gasteiger partial charge >= 0.3 is 0 Å². The Morgan fingerprint density at radius 2 is 1.76 bits per heavy atom. The van der Waals surface area contributed by atoms with Gasteiger partial charge in [-0.2, -0.15) is 0 Å². The van der Waals surface area contributed by atoms with Crippen molar-refractivity contribution in [3.05, 3.63) is 71.0 Å². The average Bonchev–Trinajstić information content (AvgIpc) is 2.44. The molecule has 0 aliphatic heterocycles. The number of halogens is 1. The number of hydrogen-bond donors (Lipinski definition) is 0. The van der Waals surface area contributed by atoms with Crippen LogP contribution in [0.25, 0.3) is 0 Å². The molecule has 2 nitrogen and oxygen atoms in total. The zero-order valence-electron chi connectivity index (χ0n) is 12.5. The minimum absolute atomic E-state index is 0.0229. The van der Waals surface area contributed by atoms with Gasteiger partial charge in [0.1, 0.15) is 5.82 Å². The van der Waals surface area contributed by atoms with Crippen LogP contribution in [0.15, 0.2) is 48.5 Å². The molecule has 0 radical (unpaired) electrons. The fourth-order valence-electron chi connectivity index (χ4n) is 2.27. The number of hydrogen-bond acceptors (Lipinski definition) is 2. The van der Waals surface area contributed by atoms with Crippen molar-refractivity contribution in [3.8, 4) is 0 Å². The second-order valence-corrected chi connectivity index (χ2v) is 5.46. The molecule has 0 saturated carbocycles. The molecule has 0 aromatic heterocycles. The van der Waals surface area contributed by atoms with E-state index in [0.717, 1.165) is 0 Å². The highest BCUT2D eigenvalue weighted by atomic mass is 19.1. The Kier molecular flexibility index (Phi) is 5.23. The predicted octanol–water partition coefficient (Wildman–Crippen LogP) is 3.38. The molecule has 0 aliphatic rings. The minimum Gasteiger partial charge on any atom is -0.298 e. The molecule has 0 spiro atoms. The number of aryl methyl sites for hydroxylation is 1. The van der Waals surface area contributed by atoms with Gasteiger partial charge in [0.2, 0.25) is 0 Å². The van der Waals surface area contributed by atoms with E-state index in [1.165, 1.54) is 17.2 Å². The van der Waals surface area contributed by atoms with Gasteiger partial charge in [0, 0.05) is 13.0 Å². The third kappa shape index (κ3) is 4.80. The van der Waals surface area contributed by atoms with Crippen LogP contribution in [0, 0.1) is 12.7 Å². The topological polar surface area (TPSA) is 20.3 Å². The SMILES string of the molecule is Cc1ccc(CN(C)CC(=O)Cc2ccccc2F)cc1. The lowest BCUT2D eigenvalue weighted by molar-refractivity contribution is -0.119. The van der Waals surface area contributed by atoms with Crippen molar-refractivity contribution in [2.45, 2.75) is 19.9 Å². The van der Waals surface area contributed by atoms with Gasteiger partial charge in [0.05, 0.1) is 6.54 Å². The number of nitrogens with zero attached hydrogens (tertiary/aromatic N) is 1. The number of Topliss-reactive ketones (excluding diaryl/α,β-unsaturated/α-hetero) is 1. The van der Waals surface area contributed by atoms with Gasteiger partial charge in [-0.05, 0) is 31.2 Å². The third-order valence-electron chi connectivity index (χ3n) is 3.36. The van der Waals surface area contributed by atoms with E-state index >= 15 is 0 Å². The maximum Gasteiger partial charge on any atom is 0.151 e. The summed E-state index contributed by atoms with van der Waals surface area (Å²) in [5.41, 5.74) is 2.85. The number of benzene rings is 2. The number of rotatable bonds is 6. The molecule has 0 atom stereocenters. The Labute approximate surface area is 125 Å². The first-order chi connectivity index (χ1) is 10.0. The van der Waals surface area contributed by atoms with Crippen LogP contribution in [0.3, 0.4) is 0 Å². The quantitative estimate of drug-likeness (QED) is 0.811. The summed E-state index contributed by atoms with van der Waals surface area (Å²) in [4.78, 5) is 14.0. The molecular weight excluding hydrogens is 265 g/mol. The van der Waals surface area contributed by atoms with Crippen LogP contribution in [0.4, 0.5) is 4.39 Å². The first kappa shape index (κ1) is 15.4. The molecule has 2 aromatic rings. The Morgan fingerprint density at radius 3 is 2.43 bits per heavy atom. The van der Waals surface area contributed by atoms with Crippen molar-refractivity contribution < 1.29 is 9.18 Å². The highest BCUT2D eigenvalue weighted by Gasteiger charge is 2.10. The predicted molar refractivity (Wildman–Crippen MR) is 82.6 cm³/mol. The Bertz CT molecular complexity index is 607. The van der Waals surface area contributed by atoms with Gasteiger partial charge in [-0.15, -0.1) is 0 Å². The van der Waals surface area contributed by atoms with E-state index in [-0.39, 0.29) is 18.0 Å². The molecule has 0 N–H and O–H groups in total. The van der Waals surface area contributed by atoms with Crippen LogP contribution in [0.2, 0.25) is 0 Å². The van der Waals surface area contributed by atoms with Crippen molar-refractivity contribution in [2.75, 3.05) is 13.6 Å². The van der Waals surface area contributed by atoms with Crippen molar-refractivity contribution in [1.82, 2.24) is 4.90 Å². The first-order valence-electron chi connectivity index (χ1n) is 7.04. The molecule has 2 aromatic carbocycles. The Balaban J connectivity index is 1.87. The van der Waals surface area contributed by atoms with Crippen molar-refractivity contribution in [1.29, 1.82) is 0 Å². The molecule has 3 heteroatoms. The highest BCUT2D eigenvalue weighted by molar-refractivity contribution is 5.82. The second kappa shape index (κ2) is 7.14. The maximum absolute atomic E-state index is 13.5. The van der Waals surface area contributed by atoms with Gasteiger partial charge in [0.15, 0.2) is 5.78 Å². The maximum atomic E-state index is 13.5. The molecule has 0 heterocycles. The van der Waals surface area contributed by atoms with E-state index in [4.69, 9.17) is 0 Å². The van der Waals surface area contributed by atoms with Gasteiger partial charge in [-0.3, -0.25) is 9.69 Å². The standard InChI is InChI=1S/C18H20FNO/c1-14-7-9-15(10-8-14)12-20(2)13-17(21)11-16-5-3-4-6-18(16)19/h3-10H,11-13H2,1-2H3. The smallest absolute Gasteiger partial charge is 0.151 e. The molecule has 0 fully saturated rings. The van der Waals surface area contributed by atoms with Gasteiger partial charge in [0.25, 0.3) is 0 Å². The lowest BCUT2D eigenvalue weighted by Crippen LogP contribution is -2.26. The summed E-state index contributed by atoms with van der Waals surface area (Å²) >= 11 is 0. The molecule has 0 aliphatic carbocycles. The monoisotopic (exact) mass is 285 g/mol. The Morgan fingerprint density at radius 1 is 1.10 bits per heavy atom. The lowest BCUT2D eigenvalue weighted by atomic mass is 10.1. The average molecular weight is 285 g/mol. The van der Waals surface area contributed by atoms with Crippen LogP contribution in [-0.4, -0.2) is 24.3 Å². The van der Waals surface area contributed by atoms with Crippen molar-refractivity contribution >= 4 is 5.78 Å². The summed E-state index contributed by atoms with van der Waals surface area (Å²) in [5, 5.41) is 0. The summed E-state index contributed by atoms with van der Waals surface area (Å²) in [6.45, 7) is 3.08. The molecule has 0 saturated heterocycles. The zero-order valence-corrected chi connectivity index (χ0v) is 12.5. The summed E-state index contributed by atoms with van der Waals surface area (Å²) in [6.07, 6.45) is 0.144. The summed E-state index contributed by atoms with van der Waals surface area (Å²) in [5.74, 6) is -0.290. The first-order valence-corrected chi connectivity index (χ1v) is 7.04. The summed E-state index contributed by atoms with van der Waals surface area (Å²) in [7, 11) is 1.90. The summed E-state index contributed by atoms with van der Waals surface area (Å²) in [6, 6.07) is 14.7. The fourth-order valence-corrected chi connectivity index (χ4v) is 2.27. The van der Waals surface area contributed by atoms with Crippen molar-refractivity contribution in [3.63, 3.8) is 0 Å². The highest BCUT2D eigenvalue weighted by Crippen LogP contribution is 2.09. The minimum atomic E-state index is -0.313. The normalized spacial score (nSPS) is 10.9.